The highest BCUT2D eigenvalue weighted by atomic mass is 15.7. The van der Waals surface area contributed by atoms with Gasteiger partial charge in [-0.3, -0.25) is 0 Å². The van der Waals surface area contributed by atoms with Crippen LogP contribution in [0.4, 0.5) is 11.4 Å². The number of hydrazine groups is 1. The van der Waals surface area contributed by atoms with Crippen LogP contribution in [0.1, 0.15) is 0 Å². The van der Waals surface area contributed by atoms with Crippen molar-refractivity contribution in [3.8, 4) is 0 Å². The summed E-state index contributed by atoms with van der Waals surface area (Å²) in [5.74, 6) is 0. The summed E-state index contributed by atoms with van der Waals surface area (Å²) >= 11 is 0. The van der Waals surface area contributed by atoms with Crippen molar-refractivity contribution in [1.29, 1.82) is 0 Å². The molecule has 0 spiro atoms. The van der Waals surface area contributed by atoms with Gasteiger partial charge in [0.15, 0.2) is 0 Å². The molecule has 3 heteroatoms. The van der Waals surface area contributed by atoms with E-state index in [1.54, 1.807) is 0 Å². The van der Waals surface area contributed by atoms with Gasteiger partial charge in [-0.15, -0.1) is 5.69 Å². The highest BCUT2D eigenvalue weighted by Crippen LogP contribution is 2.33. The van der Waals surface area contributed by atoms with Crippen LogP contribution in [0.2, 0.25) is 0 Å². The van der Waals surface area contributed by atoms with E-state index in [0.29, 0.717) is 0 Å². The van der Waals surface area contributed by atoms with Gasteiger partial charge in [0.05, 0.1) is 0 Å². The molecule has 0 aromatic heterocycles. The molecule has 3 nitrogen and oxygen atoms in total. The maximum Gasteiger partial charge on any atom is 0.0363 e. The summed E-state index contributed by atoms with van der Waals surface area (Å²) in [7, 11) is 1.94. The number of anilines is 1. The smallest absolute Gasteiger partial charge is 0.0363 e. The Morgan fingerprint density at radius 3 is 3.00 bits per heavy atom. The molecule has 0 bridgehead atoms. The molecule has 1 aliphatic rings. The number of hydrogen-bond acceptors (Lipinski definition) is 2. The van der Waals surface area contributed by atoms with Gasteiger partial charge in [0.1, 0.15) is 0 Å². The molecule has 0 radical (unpaired) electrons. The van der Waals surface area contributed by atoms with Crippen molar-refractivity contribution in [1.82, 2.24) is 5.53 Å². The Bertz CT molecular complexity index is 246. The van der Waals surface area contributed by atoms with Crippen molar-refractivity contribution >= 4 is 11.4 Å². The van der Waals surface area contributed by atoms with Crippen LogP contribution < -0.4 is 10.5 Å². The second-order valence-electron chi connectivity index (χ2n) is 2.26. The van der Waals surface area contributed by atoms with Gasteiger partial charge < -0.3 is 16.0 Å². The average Bonchev–Trinajstić information content (AvgIpc) is 2.34. The number of benzene rings is 1. The fourth-order valence-electron chi connectivity index (χ4n) is 1.03. The fraction of sp³-hybridized carbons (Fsp3) is 0.143. The normalized spacial score (nSPS) is 14.7. The predicted octanol–water partition coefficient (Wildman–Crippen LogP) is 1.56. The molecule has 10 heavy (non-hydrogen) atoms. The van der Waals surface area contributed by atoms with Gasteiger partial charge in [-0.1, -0.05) is 18.2 Å². The topological polar surface area (TPSA) is 29.4 Å². The third-order valence-electron chi connectivity index (χ3n) is 1.56. The quantitative estimate of drug-likeness (QED) is 0.583. The lowest BCUT2D eigenvalue weighted by molar-refractivity contribution is 0.854. The molecular formula is C7H8N3-. The van der Waals surface area contributed by atoms with Crippen LogP contribution in [0.5, 0.6) is 0 Å². The van der Waals surface area contributed by atoms with E-state index in [2.05, 4.69) is 11.0 Å². The van der Waals surface area contributed by atoms with Crippen molar-refractivity contribution < 1.29 is 0 Å². The first-order valence-electron chi connectivity index (χ1n) is 3.17. The molecule has 0 saturated carbocycles. The van der Waals surface area contributed by atoms with Gasteiger partial charge in [-0.2, -0.15) is 0 Å². The Morgan fingerprint density at radius 2 is 2.20 bits per heavy atom. The number of nitrogens with zero attached hydrogens (tertiary/aromatic N) is 2. The molecule has 0 fully saturated rings. The fourth-order valence-corrected chi connectivity index (χ4v) is 1.03. The average molecular weight is 134 g/mol. The first-order chi connectivity index (χ1) is 4.88. The molecule has 1 heterocycles. The van der Waals surface area contributed by atoms with Crippen LogP contribution in [-0.4, -0.2) is 7.05 Å². The zero-order valence-corrected chi connectivity index (χ0v) is 5.70. The monoisotopic (exact) mass is 134 g/mol. The van der Waals surface area contributed by atoms with E-state index in [1.165, 1.54) is 0 Å². The van der Waals surface area contributed by atoms with Gasteiger partial charge in [0.2, 0.25) is 0 Å². The van der Waals surface area contributed by atoms with Crippen molar-refractivity contribution in [2.75, 3.05) is 12.1 Å². The molecular weight excluding hydrogens is 126 g/mol. The highest BCUT2D eigenvalue weighted by molar-refractivity contribution is 5.75. The van der Waals surface area contributed by atoms with Crippen LogP contribution in [0.15, 0.2) is 24.3 Å². The Labute approximate surface area is 59.6 Å². The Kier molecular flexibility index (Phi) is 1.05. The van der Waals surface area contributed by atoms with Crippen molar-refractivity contribution in [3.63, 3.8) is 0 Å². The molecule has 0 unspecified atom stereocenters. The molecule has 2 rings (SSSR count). The van der Waals surface area contributed by atoms with Crippen LogP contribution in [0, 0.1) is 0 Å². The van der Waals surface area contributed by atoms with Gasteiger partial charge >= 0.3 is 0 Å². The van der Waals surface area contributed by atoms with Gasteiger partial charge in [0, 0.05) is 12.7 Å². The predicted molar refractivity (Wildman–Crippen MR) is 41.0 cm³/mol. The largest absolute Gasteiger partial charge is 0.602 e. The molecule has 0 saturated heterocycles. The Hall–Kier alpha value is -1.22. The summed E-state index contributed by atoms with van der Waals surface area (Å²) in [5.41, 5.74) is 9.03. The van der Waals surface area contributed by atoms with Gasteiger partial charge in [-0.05, 0) is 6.07 Å². The summed E-state index contributed by atoms with van der Waals surface area (Å²) in [5, 5.41) is 1.88. The lowest BCUT2D eigenvalue weighted by atomic mass is 10.3. The Morgan fingerprint density at radius 1 is 1.40 bits per heavy atom. The van der Waals surface area contributed by atoms with Gasteiger partial charge in [0.25, 0.3) is 0 Å². The highest BCUT2D eigenvalue weighted by Gasteiger charge is 2.02. The number of hydrogen-bond donors (Lipinski definition) is 1. The first-order valence-corrected chi connectivity index (χ1v) is 3.17. The summed E-state index contributed by atoms with van der Waals surface area (Å²) in [6, 6.07) is 7.98. The molecule has 0 amide bonds. The molecule has 0 atom stereocenters. The van der Waals surface area contributed by atoms with E-state index in [-0.39, 0.29) is 0 Å². The standard InChI is InChI=1S/C7H8N3/c1-10-7-5-3-2-4-6(7)8-9-10/h2-5,9H,1H3/q-1. The van der Waals surface area contributed by atoms with Crippen LogP contribution in [-0.2, 0) is 0 Å². The number of nitrogens with one attached hydrogen (secondary N) is 1. The first kappa shape index (κ1) is 5.56. The minimum atomic E-state index is 1.00. The van der Waals surface area contributed by atoms with E-state index in [4.69, 9.17) is 0 Å². The Balaban J connectivity index is 2.51. The van der Waals surface area contributed by atoms with E-state index in [9.17, 15) is 0 Å². The maximum absolute atomic E-state index is 4.06. The zero-order chi connectivity index (χ0) is 6.97. The lowest BCUT2D eigenvalue weighted by Crippen LogP contribution is -2.24. The second kappa shape index (κ2) is 1.88. The van der Waals surface area contributed by atoms with Crippen molar-refractivity contribution in [2.45, 2.75) is 0 Å². The summed E-state index contributed by atoms with van der Waals surface area (Å²) < 4.78 is 0. The molecule has 1 aliphatic heterocycles. The number of para-hydroxylation sites is 2. The molecule has 1 aromatic rings. The van der Waals surface area contributed by atoms with E-state index in [0.717, 1.165) is 11.4 Å². The van der Waals surface area contributed by atoms with E-state index >= 15 is 0 Å². The SMILES string of the molecule is CN1N[N-]c2ccccc21. The van der Waals surface area contributed by atoms with Crippen molar-refractivity contribution in [3.05, 3.63) is 29.7 Å². The number of fused-ring (bicyclic) bond motifs is 1. The van der Waals surface area contributed by atoms with Crippen LogP contribution in [0.3, 0.4) is 0 Å². The van der Waals surface area contributed by atoms with E-state index in [1.807, 2.05) is 36.3 Å². The molecule has 0 aliphatic carbocycles. The summed E-state index contributed by atoms with van der Waals surface area (Å²) in [6.07, 6.45) is 0. The third-order valence-corrected chi connectivity index (χ3v) is 1.56. The van der Waals surface area contributed by atoms with E-state index < -0.39 is 0 Å². The molecule has 1 N–H and O–H groups in total. The zero-order valence-electron chi connectivity index (χ0n) is 5.70. The number of rotatable bonds is 0. The maximum atomic E-state index is 4.06. The van der Waals surface area contributed by atoms with Gasteiger partial charge in [-0.25, -0.2) is 0 Å². The minimum Gasteiger partial charge on any atom is -0.602 e. The minimum absolute atomic E-state index is 1.00. The van der Waals surface area contributed by atoms with Crippen LogP contribution in [0.25, 0.3) is 5.43 Å². The second-order valence-corrected chi connectivity index (χ2v) is 2.26. The van der Waals surface area contributed by atoms with Crippen molar-refractivity contribution in [2.24, 2.45) is 0 Å². The summed E-state index contributed by atoms with van der Waals surface area (Å²) in [4.78, 5) is 0. The molecule has 52 valence electrons. The molecule has 1 aromatic carbocycles. The summed E-state index contributed by atoms with van der Waals surface area (Å²) in [6.45, 7) is 0. The lowest BCUT2D eigenvalue weighted by Gasteiger charge is -2.17. The van der Waals surface area contributed by atoms with Crippen LogP contribution >= 0.6 is 0 Å². The third kappa shape index (κ3) is 0.642.